The maximum atomic E-state index is 10.1. The summed E-state index contributed by atoms with van der Waals surface area (Å²) in [4.78, 5) is 0. The van der Waals surface area contributed by atoms with Crippen LogP contribution in [-0.4, -0.2) is 17.3 Å². The van der Waals surface area contributed by atoms with E-state index in [9.17, 15) is 5.11 Å². The highest BCUT2D eigenvalue weighted by Gasteiger charge is 2.28. The molecule has 0 aromatic heterocycles. The van der Waals surface area contributed by atoms with Gasteiger partial charge in [0.2, 0.25) is 0 Å². The van der Waals surface area contributed by atoms with Gasteiger partial charge in [0.1, 0.15) is 5.75 Å². The molecule has 0 amide bonds. The third kappa shape index (κ3) is 4.36. The van der Waals surface area contributed by atoms with Crippen LogP contribution in [0.3, 0.4) is 0 Å². The van der Waals surface area contributed by atoms with Gasteiger partial charge in [0, 0.05) is 10.4 Å². The van der Waals surface area contributed by atoms with E-state index in [1.54, 1.807) is 13.8 Å². The Morgan fingerprint density at radius 2 is 1.84 bits per heavy atom. The van der Waals surface area contributed by atoms with Crippen LogP contribution >= 0.6 is 15.9 Å². The molecule has 0 aliphatic heterocycles. The van der Waals surface area contributed by atoms with E-state index in [-0.39, 0.29) is 5.92 Å². The van der Waals surface area contributed by atoms with Gasteiger partial charge < -0.3 is 9.84 Å². The van der Waals surface area contributed by atoms with E-state index >= 15 is 0 Å². The van der Waals surface area contributed by atoms with Crippen molar-refractivity contribution in [2.24, 2.45) is 5.92 Å². The smallest absolute Gasteiger partial charge is 0.119 e. The van der Waals surface area contributed by atoms with E-state index in [0.29, 0.717) is 6.61 Å². The fourth-order valence-corrected chi connectivity index (χ4v) is 2.35. The van der Waals surface area contributed by atoms with E-state index < -0.39 is 5.60 Å². The van der Waals surface area contributed by atoms with Crippen LogP contribution in [0.2, 0.25) is 0 Å². The first kappa shape index (κ1) is 16.3. The lowest BCUT2D eigenvalue weighted by atomic mass is 9.86. The van der Waals surface area contributed by atoms with E-state index in [4.69, 9.17) is 4.74 Å². The van der Waals surface area contributed by atoms with Gasteiger partial charge in [-0.25, -0.2) is 0 Å². The van der Waals surface area contributed by atoms with Crippen LogP contribution in [0.15, 0.2) is 28.8 Å². The number of hydrogen-bond donors (Lipinski definition) is 1. The van der Waals surface area contributed by atoms with Gasteiger partial charge in [0.15, 0.2) is 0 Å². The highest BCUT2D eigenvalue weighted by Crippen LogP contribution is 2.28. The normalized spacial score (nSPS) is 13.2. The van der Waals surface area contributed by atoms with Crippen LogP contribution < -0.4 is 4.74 Å². The predicted octanol–water partition coefficient (Wildman–Crippen LogP) is 4.41. The topological polar surface area (TPSA) is 29.5 Å². The zero-order valence-electron chi connectivity index (χ0n) is 12.4. The second kappa shape index (κ2) is 6.10. The second-order valence-electron chi connectivity index (χ2n) is 5.73. The summed E-state index contributed by atoms with van der Waals surface area (Å²) in [6.45, 7) is 13.9. The van der Waals surface area contributed by atoms with Crippen molar-refractivity contribution in [1.82, 2.24) is 0 Å². The minimum atomic E-state index is -0.828. The van der Waals surface area contributed by atoms with Crippen LogP contribution in [0.1, 0.15) is 31.9 Å². The highest BCUT2D eigenvalue weighted by molar-refractivity contribution is 9.10. The number of benzene rings is 1. The molecule has 0 aliphatic rings. The molecule has 106 valence electrons. The Morgan fingerprint density at radius 3 is 2.21 bits per heavy atom. The van der Waals surface area contributed by atoms with E-state index in [2.05, 4.69) is 22.5 Å². The van der Waals surface area contributed by atoms with Gasteiger partial charge in [-0.3, -0.25) is 0 Å². The fourth-order valence-electron chi connectivity index (χ4n) is 2.12. The first-order valence-corrected chi connectivity index (χ1v) is 7.19. The number of rotatable bonds is 5. The molecule has 0 saturated carbocycles. The molecule has 0 bridgehead atoms. The predicted molar refractivity (Wildman–Crippen MR) is 83.7 cm³/mol. The summed E-state index contributed by atoms with van der Waals surface area (Å²) in [5.41, 5.74) is 2.39. The summed E-state index contributed by atoms with van der Waals surface area (Å²) in [5, 5.41) is 10.1. The lowest BCUT2D eigenvalue weighted by Gasteiger charge is -2.29. The van der Waals surface area contributed by atoms with Crippen LogP contribution in [0.4, 0.5) is 0 Å². The summed E-state index contributed by atoms with van der Waals surface area (Å²) < 4.78 is 6.94. The Balaban J connectivity index is 2.84. The summed E-state index contributed by atoms with van der Waals surface area (Å²) >= 11 is 3.54. The molecule has 2 nitrogen and oxygen atoms in total. The number of hydrogen-bond acceptors (Lipinski definition) is 2. The third-order valence-corrected chi connectivity index (χ3v) is 4.53. The largest absolute Gasteiger partial charge is 0.493 e. The van der Waals surface area contributed by atoms with Crippen molar-refractivity contribution in [2.45, 2.75) is 40.2 Å². The number of aliphatic hydroxyl groups is 1. The molecule has 1 atom stereocenters. The Hall–Kier alpha value is -0.800. The molecule has 0 heterocycles. The SMILES string of the molecule is C=C(C)C(COc1cc(C)c(Br)c(C)c1)C(C)(C)O. The quantitative estimate of drug-likeness (QED) is 0.812. The maximum absolute atomic E-state index is 10.1. The zero-order valence-corrected chi connectivity index (χ0v) is 14.0. The summed E-state index contributed by atoms with van der Waals surface area (Å²) in [7, 11) is 0. The summed E-state index contributed by atoms with van der Waals surface area (Å²) in [6, 6.07) is 3.99. The molecule has 0 radical (unpaired) electrons. The number of halogens is 1. The molecular formula is C16H23BrO2. The van der Waals surface area contributed by atoms with Crippen molar-refractivity contribution in [1.29, 1.82) is 0 Å². The first-order valence-electron chi connectivity index (χ1n) is 6.40. The third-order valence-electron chi connectivity index (χ3n) is 3.27. The van der Waals surface area contributed by atoms with Gasteiger partial charge in [-0.05, 0) is 57.9 Å². The Labute approximate surface area is 124 Å². The molecule has 0 fully saturated rings. The minimum Gasteiger partial charge on any atom is -0.493 e. The van der Waals surface area contributed by atoms with Crippen molar-refractivity contribution in [2.75, 3.05) is 6.61 Å². The van der Waals surface area contributed by atoms with Gasteiger partial charge in [-0.15, -0.1) is 0 Å². The zero-order chi connectivity index (χ0) is 14.8. The molecule has 1 aromatic carbocycles. The Bertz CT molecular complexity index is 449. The number of ether oxygens (including phenoxy) is 1. The lowest BCUT2D eigenvalue weighted by molar-refractivity contribution is 0.0131. The number of aryl methyl sites for hydroxylation is 2. The molecule has 0 saturated heterocycles. The molecule has 0 spiro atoms. The van der Waals surface area contributed by atoms with Gasteiger partial charge in [-0.1, -0.05) is 28.1 Å². The van der Waals surface area contributed by atoms with Gasteiger partial charge >= 0.3 is 0 Å². The molecule has 1 rings (SSSR count). The van der Waals surface area contributed by atoms with E-state index in [1.807, 2.05) is 32.9 Å². The van der Waals surface area contributed by atoms with Crippen molar-refractivity contribution in [3.8, 4) is 5.75 Å². The molecular weight excluding hydrogens is 304 g/mol. The van der Waals surface area contributed by atoms with Crippen LogP contribution in [0, 0.1) is 19.8 Å². The van der Waals surface area contributed by atoms with E-state index in [1.165, 1.54) is 0 Å². The van der Waals surface area contributed by atoms with Crippen molar-refractivity contribution >= 4 is 15.9 Å². The molecule has 1 N–H and O–H groups in total. The molecule has 19 heavy (non-hydrogen) atoms. The fraction of sp³-hybridized carbons (Fsp3) is 0.500. The van der Waals surface area contributed by atoms with Gasteiger partial charge in [0.05, 0.1) is 12.2 Å². The maximum Gasteiger partial charge on any atom is 0.119 e. The average molecular weight is 327 g/mol. The van der Waals surface area contributed by atoms with Gasteiger partial charge in [0.25, 0.3) is 0 Å². The molecule has 0 aliphatic carbocycles. The van der Waals surface area contributed by atoms with Crippen molar-refractivity contribution in [3.63, 3.8) is 0 Å². The average Bonchev–Trinajstić information content (AvgIpc) is 2.23. The first-order chi connectivity index (χ1) is 8.62. The standard InChI is InChI=1S/C16H23BrO2/c1-10(2)14(16(5,6)18)9-19-13-7-11(3)15(17)12(4)8-13/h7-8,14,18H,1,9H2,2-6H3. The monoisotopic (exact) mass is 326 g/mol. The lowest BCUT2D eigenvalue weighted by Crippen LogP contribution is -2.35. The molecule has 1 unspecified atom stereocenters. The minimum absolute atomic E-state index is 0.0863. The Morgan fingerprint density at radius 1 is 1.37 bits per heavy atom. The molecule has 3 heteroatoms. The molecule has 1 aromatic rings. The summed E-state index contributed by atoms with van der Waals surface area (Å²) in [6.07, 6.45) is 0. The summed E-state index contributed by atoms with van der Waals surface area (Å²) in [5.74, 6) is 0.741. The highest BCUT2D eigenvalue weighted by atomic mass is 79.9. The van der Waals surface area contributed by atoms with Crippen molar-refractivity contribution < 1.29 is 9.84 Å². The Kier molecular flexibility index (Phi) is 5.22. The van der Waals surface area contributed by atoms with Crippen LogP contribution in [-0.2, 0) is 0 Å². The second-order valence-corrected chi connectivity index (χ2v) is 6.53. The van der Waals surface area contributed by atoms with E-state index in [0.717, 1.165) is 26.9 Å². The van der Waals surface area contributed by atoms with Gasteiger partial charge in [-0.2, -0.15) is 0 Å². The van der Waals surface area contributed by atoms with Crippen LogP contribution in [0.25, 0.3) is 0 Å². The van der Waals surface area contributed by atoms with Crippen LogP contribution in [0.5, 0.6) is 5.75 Å². The van der Waals surface area contributed by atoms with Crippen molar-refractivity contribution in [3.05, 3.63) is 39.9 Å².